The van der Waals surface area contributed by atoms with E-state index in [0.717, 1.165) is 11.0 Å². The lowest BCUT2D eigenvalue weighted by atomic mass is 10.1. The normalized spacial score (nSPS) is 11.7. The van der Waals surface area contributed by atoms with Gasteiger partial charge >= 0.3 is 0 Å². The SMILES string of the molecule is O=[N+]([O-])C(=Cc1cc2ccccc2o1)c1ccccc1. The van der Waals surface area contributed by atoms with Gasteiger partial charge in [0.15, 0.2) is 0 Å². The van der Waals surface area contributed by atoms with Gasteiger partial charge in [-0.2, -0.15) is 0 Å². The van der Waals surface area contributed by atoms with Crippen LogP contribution in [0.1, 0.15) is 11.3 Å². The smallest absolute Gasteiger partial charge is 0.280 e. The first-order chi connectivity index (χ1) is 9.74. The molecule has 0 aliphatic heterocycles. The van der Waals surface area contributed by atoms with Gasteiger partial charge in [0.2, 0.25) is 0 Å². The number of furan rings is 1. The van der Waals surface area contributed by atoms with E-state index in [4.69, 9.17) is 4.42 Å². The van der Waals surface area contributed by atoms with Crippen molar-refractivity contribution in [3.05, 3.63) is 82.1 Å². The van der Waals surface area contributed by atoms with Crippen LogP contribution in [0, 0.1) is 10.1 Å². The first kappa shape index (κ1) is 12.2. The number of hydrogen-bond acceptors (Lipinski definition) is 3. The molecule has 0 radical (unpaired) electrons. The van der Waals surface area contributed by atoms with Crippen molar-refractivity contribution in [1.82, 2.24) is 0 Å². The fourth-order valence-electron chi connectivity index (χ4n) is 2.06. The van der Waals surface area contributed by atoms with Crippen molar-refractivity contribution in [2.75, 3.05) is 0 Å². The Kier molecular flexibility index (Phi) is 3.05. The maximum absolute atomic E-state index is 11.2. The van der Waals surface area contributed by atoms with Crippen LogP contribution in [0.15, 0.2) is 65.1 Å². The van der Waals surface area contributed by atoms with Gasteiger partial charge < -0.3 is 4.42 Å². The number of para-hydroxylation sites is 1. The van der Waals surface area contributed by atoms with E-state index in [2.05, 4.69) is 0 Å². The summed E-state index contributed by atoms with van der Waals surface area (Å²) >= 11 is 0. The Hall–Kier alpha value is -2.88. The summed E-state index contributed by atoms with van der Waals surface area (Å²) in [6.45, 7) is 0. The van der Waals surface area contributed by atoms with E-state index in [1.54, 1.807) is 30.3 Å². The number of hydrogen-bond donors (Lipinski definition) is 0. The van der Waals surface area contributed by atoms with Gasteiger partial charge in [-0.15, -0.1) is 0 Å². The Labute approximate surface area is 115 Å². The predicted molar refractivity (Wildman–Crippen MR) is 77.5 cm³/mol. The lowest BCUT2D eigenvalue weighted by molar-refractivity contribution is -0.374. The van der Waals surface area contributed by atoms with Crippen LogP contribution in [0.3, 0.4) is 0 Å². The molecule has 0 spiro atoms. The third kappa shape index (κ3) is 2.31. The molecule has 1 aromatic heterocycles. The summed E-state index contributed by atoms with van der Waals surface area (Å²) in [5.74, 6) is 0.474. The molecule has 0 atom stereocenters. The summed E-state index contributed by atoms with van der Waals surface area (Å²) in [4.78, 5) is 10.8. The maximum Gasteiger partial charge on any atom is 0.280 e. The average Bonchev–Trinajstić information content (AvgIpc) is 2.88. The van der Waals surface area contributed by atoms with Crippen LogP contribution < -0.4 is 0 Å². The second-order valence-corrected chi connectivity index (χ2v) is 4.34. The molecule has 0 saturated heterocycles. The van der Waals surface area contributed by atoms with Gasteiger partial charge in [-0.3, -0.25) is 10.1 Å². The van der Waals surface area contributed by atoms with Gasteiger partial charge in [-0.1, -0.05) is 36.4 Å². The first-order valence-corrected chi connectivity index (χ1v) is 6.14. The molecule has 0 aliphatic carbocycles. The van der Waals surface area contributed by atoms with Crippen molar-refractivity contribution < 1.29 is 9.34 Å². The number of benzene rings is 2. The molecule has 98 valence electrons. The molecular formula is C16H11NO3. The van der Waals surface area contributed by atoms with Gasteiger partial charge in [-0.05, 0) is 24.3 Å². The van der Waals surface area contributed by atoms with Crippen LogP contribution in [-0.4, -0.2) is 4.92 Å². The first-order valence-electron chi connectivity index (χ1n) is 6.14. The van der Waals surface area contributed by atoms with Crippen molar-refractivity contribution in [3.8, 4) is 0 Å². The highest BCUT2D eigenvalue weighted by Gasteiger charge is 2.15. The molecule has 0 fully saturated rings. The minimum absolute atomic E-state index is 0.0182. The average molecular weight is 265 g/mol. The Morgan fingerprint density at radius 1 is 1.05 bits per heavy atom. The Balaban J connectivity index is 2.09. The minimum atomic E-state index is -0.400. The third-order valence-electron chi connectivity index (χ3n) is 2.99. The minimum Gasteiger partial charge on any atom is -0.456 e. The molecule has 20 heavy (non-hydrogen) atoms. The number of nitro groups is 1. The van der Waals surface area contributed by atoms with Crippen LogP contribution in [0.25, 0.3) is 22.7 Å². The van der Waals surface area contributed by atoms with E-state index in [1.165, 1.54) is 6.08 Å². The molecule has 2 aromatic carbocycles. The van der Waals surface area contributed by atoms with Crippen LogP contribution >= 0.6 is 0 Å². The Morgan fingerprint density at radius 2 is 1.75 bits per heavy atom. The molecule has 1 heterocycles. The van der Waals surface area contributed by atoms with E-state index in [-0.39, 0.29) is 5.70 Å². The zero-order chi connectivity index (χ0) is 13.9. The predicted octanol–water partition coefficient (Wildman–Crippen LogP) is 4.21. The molecule has 0 aliphatic rings. The maximum atomic E-state index is 11.2. The van der Waals surface area contributed by atoms with E-state index in [0.29, 0.717) is 11.3 Å². The second kappa shape index (κ2) is 5.01. The number of nitrogens with zero attached hydrogens (tertiary/aromatic N) is 1. The van der Waals surface area contributed by atoms with E-state index >= 15 is 0 Å². The Bertz CT molecular complexity index is 755. The van der Waals surface area contributed by atoms with E-state index in [9.17, 15) is 10.1 Å². The molecule has 3 rings (SSSR count). The molecular weight excluding hydrogens is 254 g/mol. The second-order valence-electron chi connectivity index (χ2n) is 4.34. The molecule has 0 bridgehead atoms. The highest BCUT2D eigenvalue weighted by molar-refractivity contribution is 5.83. The molecule has 4 heteroatoms. The molecule has 0 amide bonds. The third-order valence-corrected chi connectivity index (χ3v) is 2.99. The summed E-state index contributed by atoms with van der Waals surface area (Å²) in [6.07, 6.45) is 1.45. The van der Waals surface area contributed by atoms with Crippen molar-refractivity contribution in [2.24, 2.45) is 0 Å². The summed E-state index contributed by atoms with van der Waals surface area (Å²) < 4.78 is 5.59. The highest BCUT2D eigenvalue weighted by Crippen LogP contribution is 2.24. The van der Waals surface area contributed by atoms with Gasteiger partial charge in [0.25, 0.3) is 5.70 Å². The number of fused-ring (bicyclic) bond motifs is 1. The van der Waals surface area contributed by atoms with Gasteiger partial charge in [0.1, 0.15) is 11.3 Å². The summed E-state index contributed by atoms with van der Waals surface area (Å²) in [6, 6.07) is 18.1. The van der Waals surface area contributed by atoms with Crippen LogP contribution in [0.5, 0.6) is 0 Å². The number of rotatable bonds is 3. The zero-order valence-corrected chi connectivity index (χ0v) is 10.5. The monoisotopic (exact) mass is 265 g/mol. The van der Waals surface area contributed by atoms with Crippen LogP contribution in [0.4, 0.5) is 0 Å². The van der Waals surface area contributed by atoms with E-state index < -0.39 is 4.92 Å². The zero-order valence-electron chi connectivity index (χ0n) is 10.5. The van der Waals surface area contributed by atoms with Gasteiger partial charge in [0, 0.05) is 5.39 Å². The van der Waals surface area contributed by atoms with Crippen LogP contribution in [-0.2, 0) is 0 Å². The quantitative estimate of drug-likeness (QED) is 0.526. The molecule has 4 nitrogen and oxygen atoms in total. The van der Waals surface area contributed by atoms with Crippen LogP contribution in [0.2, 0.25) is 0 Å². The van der Waals surface area contributed by atoms with Gasteiger partial charge in [0.05, 0.1) is 16.6 Å². The summed E-state index contributed by atoms with van der Waals surface area (Å²) in [5.41, 5.74) is 1.29. The molecule has 3 aromatic rings. The fraction of sp³-hybridized carbons (Fsp3) is 0. The topological polar surface area (TPSA) is 56.3 Å². The lowest BCUT2D eigenvalue weighted by Gasteiger charge is -1.97. The van der Waals surface area contributed by atoms with Gasteiger partial charge in [-0.25, -0.2) is 0 Å². The van der Waals surface area contributed by atoms with Crippen molar-refractivity contribution in [1.29, 1.82) is 0 Å². The van der Waals surface area contributed by atoms with Crippen molar-refractivity contribution in [2.45, 2.75) is 0 Å². The van der Waals surface area contributed by atoms with E-state index in [1.807, 2.05) is 30.3 Å². The molecule has 0 saturated carbocycles. The summed E-state index contributed by atoms with van der Waals surface area (Å²) in [7, 11) is 0. The molecule has 0 unspecified atom stereocenters. The fourth-order valence-corrected chi connectivity index (χ4v) is 2.06. The highest BCUT2D eigenvalue weighted by atomic mass is 16.6. The standard InChI is InChI=1S/C16H11NO3/c18-17(19)15(12-6-2-1-3-7-12)11-14-10-13-8-4-5-9-16(13)20-14/h1-11H. The lowest BCUT2D eigenvalue weighted by Crippen LogP contribution is -1.97. The molecule has 0 N–H and O–H groups in total. The summed E-state index contributed by atoms with van der Waals surface area (Å²) in [5, 5.41) is 12.1. The largest absolute Gasteiger partial charge is 0.456 e. The Morgan fingerprint density at radius 3 is 2.45 bits per heavy atom. The van der Waals surface area contributed by atoms with Crippen molar-refractivity contribution in [3.63, 3.8) is 0 Å². The van der Waals surface area contributed by atoms with Crippen molar-refractivity contribution >= 4 is 22.7 Å².